The van der Waals surface area contributed by atoms with Crippen LogP contribution in [0, 0.1) is 17.8 Å². The van der Waals surface area contributed by atoms with Crippen molar-refractivity contribution < 1.29 is 24.2 Å². The Morgan fingerprint density at radius 3 is 2.21 bits per heavy atom. The van der Waals surface area contributed by atoms with Crippen LogP contribution in [0.25, 0.3) is 0 Å². The van der Waals surface area contributed by atoms with Crippen molar-refractivity contribution in [3.63, 3.8) is 0 Å². The fraction of sp³-hybridized carbons (Fsp3) is 0.647. The summed E-state index contributed by atoms with van der Waals surface area (Å²) in [7, 11) is 0. The number of aryl methyl sites for hydroxylation is 1. The first kappa shape index (κ1) is 31.1. The van der Waals surface area contributed by atoms with Gasteiger partial charge < -0.3 is 14.6 Å². The third-order valence-corrected chi connectivity index (χ3v) is 8.96. The molecular weight excluding hydrogens is 488 g/mol. The van der Waals surface area contributed by atoms with Crippen LogP contribution in [0.4, 0.5) is 0 Å². The monoisotopic (exact) mass is 538 g/mol. The molecule has 0 radical (unpaired) electrons. The van der Waals surface area contributed by atoms with Gasteiger partial charge in [0.05, 0.1) is 18.8 Å². The molecule has 0 bridgehead atoms. The number of hydrogen-bond acceptors (Lipinski definition) is 5. The minimum absolute atomic E-state index is 0.0220. The zero-order chi connectivity index (χ0) is 28.2. The standard InChI is InChI=1S/C34H50O5/c1-5-6-7-9-26-11-13-27(14-12-26)28-15-17-29(18-16-28)30-19-20-32(39-34(37)25(4)23-35)31(22-30)10-8-21-38-33(36)24(2)3/h19-20,22,26-29,35H,2,4-18,21,23H2,1,3H3. The molecule has 2 aliphatic rings. The second kappa shape index (κ2) is 16.0. The van der Waals surface area contributed by atoms with E-state index in [0.29, 0.717) is 30.1 Å². The first-order chi connectivity index (χ1) is 18.8. The van der Waals surface area contributed by atoms with E-state index in [2.05, 4.69) is 32.2 Å². The molecule has 1 N–H and O–H groups in total. The smallest absolute Gasteiger partial charge is 0.341 e. The molecule has 5 heteroatoms. The molecule has 2 saturated carbocycles. The topological polar surface area (TPSA) is 72.8 Å². The van der Waals surface area contributed by atoms with Crippen molar-refractivity contribution in [3.05, 3.63) is 53.6 Å². The summed E-state index contributed by atoms with van der Waals surface area (Å²) in [5.41, 5.74) is 2.61. The van der Waals surface area contributed by atoms with E-state index in [0.717, 1.165) is 23.3 Å². The van der Waals surface area contributed by atoms with Crippen LogP contribution in [0.1, 0.15) is 114 Å². The van der Waals surface area contributed by atoms with E-state index >= 15 is 0 Å². The van der Waals surface area contributed by atoms with Gasteiger partial charge in [-0.05, 0) is 99.2 Å². The SMILES string of the molecule is C=C(C)C(=O)OCCCc1cc(C2CCC(C3CCC(CCCCC)CC3)CC2)ccc1OC(=O)C(=C)CO. The highest BCUT2D eigenvalue weighted by atomic mass is 16.5. The van der Waals surface area contributed by atoms with Gasteiger partial charge in [0, 0.05) is 5.57 Å². The molecule has 0 amide bonds. The maximum Gasteiger partial charge on any atom is 0.341 e. The first-order valence-corrected chi connectivity index (χ1v) is 15.3. The van der Waals surface area contributed by atoms with Crippen LogP contribution >= 0.6 is 0 Å². The van der Waals surface area contributed by atoms with E-state index in [-0.39, 0.29) is 12.2 Å². The largest absolute Gasteiger partial charge is 0.462 e. The molecule has 1 aromatic carbocycles. The second-order valence-corrected chi connectivity index (χ2v) is 11.9. The van der Waals surface area contributed by atoms with Crippen molar-refractivity contribution in [2.45, 2.75) is 110 Å². The number of rotatable bonds is 14. The predicted octanol–water partition coefficient (Wildman–Crippen LogP) is 7.85. The van der Waals surface area contributed by atoms with Gasteiger partial charge in [-0.2, -0.15) is 0 Å². The molecule has 0 unspecified atom stereocenters. The average Bonchev–Trinajstić information content (AvgIpc) is 2.96. The fourth-order valence-electron chi connectivity index (χ4n) is 6.49. The lowest BCUT2D eigenvalue weighted by Crippen LogP contribution is -2.25. The van der Waals surface area contributed by atoms with Gasteiger partial charge in [-0.3, -0.25) is 0 Å². The van der Waals surface area contributed by atoms with E-state index < -0.39 is 18.5 Å². The Kier molecular flexibility index (Phi) is 12.8. The van der Waals surface area contributed by atoms with E-state index in [4.69, 9.17) is 9.47 Å². The zero-order valence-electron chi connectivity index (χ0n) is 24.3. The first-order valence-electron chi connectivity index (χ1n) is 15.3. The molecule has 39 heavy (non-hydrogen) atoms. The maximum absolute atomic E-state index is 12.3. The van der Waals surface area contributed by atoms with Crippen molar-refractivity contribution in [1.29, 1.82) is 0 Å². The van der Waals surface area contributed by atoms with Gasteiger partial charge in [-0.1, -0.05) is 70.7 Å². The molecule has 0 heterocycles. The number of hydrogen-bond donors (Lipinski definition) is 1. The summed E-state index contributed by atoms with van der Waals surface area (Å²) >= 11 is 0. The Bertz CT molecular complexity index is 964. The number of esters is 2. The summed E-state index contributed by atoms with van der Waals surface area (Å²) in [5.74, 6) is 2.72. The summed E-state index contributed by atoms with van der Waals surface area (Å²) in [6, 6.07) is 6.12. The molecule has 3 rings (SSSR count). The third kappa shape index (κ3) is 9.63. The van der Waals surface area contributed by atoms with Crippen molar-refractivity contribution in [2.75, 3.05) is 13.2 Å². The highest BCUT2D eigenvalue weighted by Crippen LogP contribution is 2.45. The van der Waals surface area contributed by atoms with E-state index in [1.807, 2.05) is 6.07 Å². The number of aliphatic hydroxyl groups is 1. The lowest BCUT2D eigenvalue weighted by atomic mass is 9.68. The average molecular weight is 539 g/mol. The second-order valence-electron chi connectivity index (χ2n) is 11.9. The number of aliphatic hydroxyl groups excluding tert-OH is 1. The molecule has 2 aliphatic carbocycles. The third-order valence-electron chi connectivity index (χ3n) is 8.96. The molecule has 0 spiro atoms. The molecule has 0 saturated heterocycles. The van der Waals surface area contributed by atoms with Crippen LogP contribution in [0.5, 0.6) is 5.75 Å². The molecule has 5 nitrogen and oxygen atoms in total. The van der Waals surface area contributed by atoms with Gasteiger partial charge in [0.15, 0.2) is 0 Å². The van der Waals surface area contributed by atoms with E-state index in [9.17, 15) is 14.7 Å². The van der Waals surface area contributed by atoms with Gasteiger partial charge >= 0.3 is 11.9 Å². The van der Waals surface area contributed by atoms with Gasteiger partial charge in [-0.15, -0.1) is 0 Å². The molecule has 0 atom stereocenters. The van der Waals surface area contributed by atoms with Crippen LogP contribution in [0.15, 0.2) is 42.5 Å². The van der Waals surface area contributed by atoms with Crippen LogP contribution < -0.4 is 4.74 Å². The van der Waals surface area contributed by atoms with Crippen molar-refractivity contribution in [1.82, 2.24) is 0 Å². The Labute approximate surface area is 236 Å². The number of carbonyl (C=O) groups excluding carboxylic acids is 2. The van der Waals surface area contributed by atoms with Crippen molar-refractivity contribution in [2.24, 2.45) is 17.8 Å². The summed E-state index contributed by atoms with van der Waals surface area (Å²) in [6.45, 7) is 11.0. The normalized spacial score (nSPS) is 23.2. The highest BCUT2D eigenvalue weighted by Gasteiger charge is 2.31. The number of ether oxygens (including phenoxy) is 2. The van der Waals surface area contributed by atoms with Crippen LogP contribution in [0.2, 0.25) is 0 Å². The molecule has 1 aromatic rings. The van der Waals surface area contributed by atoms with Crippen molar-refractivity contribution >= 4 is 11.9 Å². The molecule has 0 aliphatic heterocycles. The minimum Gasteiger partial charge on any atom is -0.462 e. The molecule has 2 fully saturated rings. The van der Waals surface area contributed by atoms with Crippen LogP contribution in [-0.4, -0.2) is 30.3 Å². The fourth-order valence-corrected chi connectivity index (χ4v) is 6.49. The zero-order valence-corrected chi connectivity index (χ0v) is 24.3. The van der Waals surface area contributed by atoms with Crippen molar-refractivity contribution in [3.8, 4) is 5.75 Å². The minimum atomic E-state index is -0.624. The Morgan fingerprint density at radius 1 is 0.923 bits per heavy atom. The van der Waals surface area contributed by atoms with E-state index in [1.165, 1.54) is 82.6 Å². The molecular formula is C34H50O5. The van der Waals surface area contributed by atoms with Gasteiger partial charge in [0.2, 0.25) is 0 Å². The quantitative estimate of drug-likeness (QED) is 0.113. The predicted molar refractivity (Wildman–Crippen MR) is 157 cm³/mol. The molecule has 0 aromatic heterocycles. The summed E-state index contributed by atoms with van der Waals surface area (Å²) < 4.78 is 10.8. The maximum atomic E-state index is 12.3. The number of unbranched alkanes of at least 4 members (excludes halogenated alkanes) is 2. The Balaban J connectivity index is 1.57. The van der Waals surface area contributed by atoms with Crippen LogP contribution in [-0.2, 0) is 20.7 Å². The highest BCUT2D eigenvalue weighted by molar-refractivity contribution is 5.89. The lowest BCUT2D eigenvalue weighted by Gasteiger charge is -2.38. The Morgan fingerprint density at radius 2 is 1.59 bits per heavy atom. The van der Waals surface area contributed by atoms with Gasteiger partial charge in [-0.25, -0.2) is 9.59 Å². The summed E-state index contributed by atoms with van der Waals surface area (Å²) in [6.07, 6.45) is 17.5. The van der Waals surface area contributed by atoms with E-state index in [1.54, 1.807) is 6.92 Å². The summed E-state index contributed by atoms with van der Waals surface area (Å²) in [4.78, 5) is 24.0. The number of carbonyl (C=O) groups is 2. The summed E-state index contributed by atoms with van der Waals surface area (Å²) in [5, 5.41) is 9.25. The Hall–Kier alpha value is -2.40. The molecule has 216 valence electrons. The van der Waals surface area contributed by atoms with Gasteiger partial charge in [0.25, 0.3) is 0 Å². The lowest BCUT2D eigenvalue weighted by molar-refractivity contribution is -0.139. The van der Waals surface area contributed by atoms with Crippen LogP contribution in [0.3, 0.4) is 0 Å². The number of benzene rings is 1. The van der Waals surface area contributed by atoms with Gasteiger partial charge in [0.1, 0.15) is 5.75 Å².